The van der Waals surface area contributed by atoms with Crippen LogP contribution in [0.5, 0.6) is 0 Å². The Morgan fingerprint density at radius 3 is 2.50 bits per heavy atom. The molecule has 10 heavy (non-hydrogen) atoms. The van der Waals surface area contributed by atoms with Gasteiger partial charge in [0.25, 0.3) is 0 Å². The summed E-state index contributed by atoms with van der Waals surface area (Å²) in [7, 11) is 0. The summed E-state index contributed by atoms with van der Waals surface area (Å²) >= 11 is 5.19. The molecule has 54 valence electrons. The van der Waals surface area contributed by atoms with E-state index in [9.17, 15) is 0 Å². The zero-order valence-electron chi connectivity index (χ0n) is 6.21. The van der Waals surface area contributed by atoms with Crippen LogP contribution >= 0.6 is 12.2 Å². The first-order valence-electron chi connectivity index (χ1n) is 3.96. The maximum Gasteiger partial charge on any atom is -0.00322 e. The number of hydrogen-bond acceptors (Lipinski definition) is 1. The second kappa shape index (κ2) is 2.16. The van der Waals surface area contributed by atoms with Crippen LogP contribution in [0.2, 0.25) is 0 Å². The Morgan fingerprint density at radius 1 is 1.40 bits per heavy atom. The van der Waals surface area contributed by atoms with Crippen molar-refractivity contribution in [3.8, 4) is 0 Å². The molecule has 2 rings (SSSR count). The van der Waals surface area contributed by atoms with Gasteiger partial charge in [0.1, 0.15) is 0 Å². The van der Waals surface area contributed by atoms with Crippen LogP contribution in [0.3, 0.4) is 0 Å². The first kappa shape index (κ1) is 6.53. The minimum Gasteiger partial charge on any atom is -0.0897 e. The molecule has 2 bridgehead atoms. The lowest BCUT2D eigenvalue weighted by Crippen LogP contribution is -2.13. The molecular formula is C9H12S. The number of rotatable bonds is 1. The van der Waals surface area contributed by atoms with E-state index in [2.05, 4.69) is 19.1 Å². The van der Waals surface area contributed by atoms with Crippen LogP contribution < -0.4 is 0 Å². The predicted octanol–water partition coefficient (Wildman–Crippen LogP) is 2.59. The molecule has 0 radical (unpaired) electrons. The van der Waals surface area contributed by atoms with E-state index in [1.54, 1.807) is 0 Å². The van der Waals surface area contributed by atoms with Crippen LogP contribution in [-0.4, -0.2) is 4.86 Å². The molecule has 0 aliphatic heterocycles. The summed E-state index contributed by atoms with van der Waals surface area (Å²) < 4.78 is 0. The lowest BCUT2D eigenvalue weighted by Gasteiger charge is -2.15. The van der Waals surface area contributed by atoms with Crippen molar-refractivity contribution in [1.29, 1.82) is 0 Å². The number of allylic oxidation sites excluding steroid dienone is 2. The van der Waals surface area contributed by atoms with Crippen LogP contribution in [0, 0.1) is 17.8 Å². The minimum atomic E-state index is 0.741. The summed E-state index contributed by atoms with van der Waals surface area (Å²) in [5, 5.41) is 0. The van der Waals surface area contributed by atoms with Gasteiger partial charge in [-0.25, -0.2) is 0 Å². The second-order valence-electron chi connectivity index (χ2n) is 3.50. The van der Waals surface area contributed by atoms with Gasteiger partial charge in [0, 0.05) is 0 Å². The molecule has 0 N–H and O–H groups in total. The lowest BCUT2D eigenvalue weighted by atomic mass is 9.91. The van der Waals surface area contributed by atoms with Crippen LogP contribution in [0.4, 0.5) is 0 Å². The molecule has 2 aliphatic carbocycles. The van der Waals surface area contributed by atoms with Crippen molar-refractivity contribution in [2.24, 2.45) is 17.8 Å². The smallest absolute Gasteiger partial charge is 0.00322 e. The Balaban J connectivity index is 2.16. The molecule has 2 aliphatic rings. The van der Waals surface area contributed by atoms with Gasteiger partial charge in [0.15, 0.2) is 0 Å². The van der Waals surface area contributed by atoms with Crippen LogP contribution in [0.1, 0.15) is 19.8 Å². The zero-order valence-corrected chi connectivity index (χ0v) is 7.03. The van der Waals surface area contributed by atoms with Crippen LogP contribution in [-0.2, 0) is 0 Å². The van der Waals surface area contributed by atoms with Gasteiger partial charge in [0.2, 0.25) is 0 Å². The highest BCUT2D eigenvalue weighted by molar-refractivity contribution is 7.80. The van der Waals surface area contributed by atoms with Crippen molar-refractivity contribution in [3.05, 3.63) is 12.2 Å². The van der Waals surface area contributed by atoms with Gasteiger partial charge in [0.05, 0.1) is 0 Å². The molecule has 0 aromatic rings. The van der Waals surface area contributed by atoms with Gasteiger partial charge in [-0.05, 0) is 42.4 Å². The molecule has 1 saturated carbocycles. The standard InChI is InChI=1S/C9H12S/c1-6(10)9-5-7-2-3-8(9)4-7/h2-3,7-9H,4-5H2,1H3. The maximum absolute atomic E-state index is 5.19. The molecule has 0 aromatic carbocycles. The van der Waals surface area contributed by atoms with Gasteiger partial charge in [-0.2, -0.15) is 0 Å². The molecule has 3 atom stereocenters. The van der Waals surface area contributed by atoms with Crippen molar-refractivity contribution < 1.29 is 0 Å². The van der Waals surface area contributed by atoms with Crippen LogP contribution in [0.25, 0.3) is 0 Å². The van der Waals surface area contributed by atoms with E-state index >= 15 is 0 Å². The van der Waals surface area contributed by atoms with Gasteiger partial charge in [-0.3, -0.25) is 0 Å². The quantitative estimate of drug-likeness (QED) is 0.411. The normalized spacial score (nSPS) is 42.7. The summed E-state index contributed by atoms with van der Waals surface area (Å²) in [6, 6.07) is 0. The number of hydrogen-bond donors (Lipinski definition) is 0. The van der Waals surface area contributed by atoms with E-state index < -0.39 is 0 Å². The fourth-order valence-corrected chi connectivity index (χ4v) is 2.52. The molecule has 0 nitrogen and oxygen atoms in total. The van der Waals surface area contributed by atoms with E-state index in [1.165, 1.54) is 17.7 Å². The Labute approximate surface area is 67.3 Å². The van der Waals surface area contributed by atoms with Crippen molar-refractivity contribution in [3.63, 3.8) is 0 Å². The van der Waals surface area contributed by atoms with Crippen molar-refractivity contribution in [2.75, 3.05) is 0 Å². The minimum absolute atomic E-state index is 0.741. The van der Waals surface area contributed by atoms with Crippen LogP contribution in [0.15, 0.2) is 12.2 Å². The van der Waals surface area contributed by atoms with E-state index in [-0.39, 0.29) is 0 Å². The third-order valence-corrected chi connectivity index (χ3v) is 3.10. The average Bonchev–Trinajstić information content (AvgIpc) is 2.44. The predicted molar refractivity (Wildman–Crippen MR) is 47.1 cm³/mol. The Bertz CT molecular complexity index is 193. The summed E-state index contributed by atoms with van der Waals surface area (Å²) in [5.41, 5.74) is 0. The fraction of sp³-hybridized carbons (Fsp3) is 0.667. The van der Waals surface area contributed by atoms with Gasteiger partial charge in [-0.1, -0.05) is 24.4 Å². The van der Waals surface area contributed by atoms with Gasteiger partial charge in [-0.15, -0.1) is 0 Å². The topological polar surface area (TPSA) is 0 Å². The molecule has 0 amide bonds. The van der Waals surface area contributed by atoms with E-state index in [0.29, 0.717) is 0 Å². The van der Waals surface area contributed by atoms with Crippen molar-refractivity contribution >= 4 is 17.1 Å². The third kappa shape index (κ3) is 0.842. The number of fused-ring (bicyclic) bond motifs is 2. The first-order chi connectivity index (χ1) is 4.77. The molecule has 0 spiro atoms. The summed E-state index contributed by atoms with van der Waals surface area (Å²) in [6.07, 6.45) is 7.42. The molecular weight excluding hydrogens is 140 g/mol. The van der Waals surface area contributed by atoms with Crippen molar-refractivity contribution in [2.45, 2.75) is 19.8 Å². The SMILES string of the molecule is CC(=S)C1CC2C=CC1C2. The average molecular weight is 152 g/mol. The second-order valence-corrected chi connectivity index (χ2v) is 4.14. The summed E-state index contributed by atoms with van der Waals surface area (Å²) in [4.78, 5) is 1.22. The van der Waals surface area contributed by atoms with Gasteiger partial charge < -0.3 is 0 Å². The molecule has 1 fully saturated rings. The lowest BCUT2D eigenvalue weighted by molar-refractivity contribution is 0.589. The maximum atomic E-state index is 5.19. The van der Waals surface area contributed by atoms with E-state index in [4.69, 9.17) is 12.2 Å². The molecule has 3 unspecified atom stereocenters. The largest absolute Gasteiger partial charge is 0.0897 e. The summed E-state index contributed by atoms with van der Waals surface area (Å²) in [6.45, 7) is 2.09. The fourth-order valence-electron chi connectivity index (χ4n) is 2.25. The Morgan fingerprint density at radius 2 is 2.20 bits per heavy atom. The molecule has 0 aromatic heterocycles. The number of thiocarbonyl (C=S) groups is 1. The molecule has 0 saturated heterocycles. The highest BCUT2D eigenvalue weighted by atomic mass is 32.1. The molecule has 1 heteroatoms. The van der Waals surface area contributed by atoms with Crippen molar-refractivity contribution in [1.82, 2.24) is 0 Å². The Hall–Kier alpha value is -0.170. The highest BCUT2D eigenvalue weighted by Gasteiger charge is 2.36. The highest BCUT2D eigenvalue weighted by Crippen LogP contribution is 2.43. The monoisotopic (exact) mass is 152 g/mol. The zero-order chi connectivity index (χ0) is 7.14. The summed E-state index contributed by atoms with van der Waals surface area (Å²) in [5.74, 6) is 2.42. The van der Waals surface area contributed by atoms with Gasteiger partial charge >= 0.3 is 0 Å². The first-order valence-corrected chi connectivity index (χ1v) is 4.37. The van der Waals surface area contributed by atoms with E-state index in [1.807, 2.05) is 0 Å². The Kier molecular flexibility index (Phi) is 1.41. The van der Waals surface area contributed by atoms with E-state index in [0.717, 1.165) is 17.8 Å². The molecule has 0 heterocycles. The third-order valence-electron chi connectivity index (χ3n) is 2.80.